The third-order valence-electron chi connectivity index (χ3n) is 5.96. The Morgan fingerprint density at radius 1 is 0.909 bits per heavy atom. The van der Waals surface area contributed by atoms with E-state index in [1.54, 1.807) is 11.3 Å². The summed E-state index contributed by atoms with van der Waals surface area (Å²) in [6.07, 6.45) is 0. The van der Waals surface area contributed by atoms with E-state index in [1.165, 1.54) is 16.7 Å². The van der Waals surface area contributed by atoms with Crippen molar-refractivity contribution in [3.05, 3.63) is 88.8 Å². The molecule has 0 amide bonds. The number of para-hydroxylation sites is 1. The maximum Gasteiger partial charge on any atom is 0.204 e. The molecule has 3 aromatic carbocycles. The van der Waals surface area contributed by atoms with Gasteiger partial charge in [-0.05, 0) is 60.2 Å². The summed E-state index contributed by atoms with van der Waals surface area (Å²) in [6, 6.07) is 22.9. The van der Waals surface area contributed by atoms with Gasteiger partial charge in [-0.15, -0.1) is 0 Å². The predicted octanol–water partition coefficient (Wildman–Crippen LogP) is 7.55. The van der Waals surface area contributed by atoms with Crippen LogP contribution in [-0.2, 0) is 5.41 Å². The molecule has 5 aromatic rings. The highest BCUT2D eigenvalue weighted by Gasteiger charge is 2.14. The van der Waals surface area contributed by atoms with E-state index in [0.29, 0.717) is 0 Å². The Morgan fingerprint density at radius 3 is 2.36 bits per heavy atom. The summed E-state index contributed by atoms with van der Waals surface area (Å²) < 4.78 is 7.48. The molecule has 0 aliphatic heterocycles. The first-order valence-corrected chi connectivity index (χ1v) is 11.9. The van der Waals surface area contributed by atoms with E-state index >= 15 is 0 Å². The van der Waals surface area contributed by atoms with Crippen LogP contribution in [0.25, 0.3) is 32.5 Å². The average Bonchev–Trinajstić information content (AvgIpc) is 3.21. The lowest BCUT2D eigenvalue weighted by Gasteiger charge is -2.19. The summed E-state index contributed by atoms with van der Waals surface area (Å²) in [5.41, 5.74) is 9.79. The van der Waals surface area contributed by atoms with Crippen molar-refractivity contribution in [2.24, 2.45) is 5.10 Å². The highest BCUT2D eigenvalue weighted by atomic mass is 32.1. The number of aromatic nitrogens is 1. The van der Waals surface area contributed by atoms with Gasteiger partial charge in [0.2, 0.25) is 5.13 Å². The largest absolute Gasteiger partial charge is 0.456 e. The highest BCUT2D eigenvalue weighted by molar-refractivity contribution is 7.22. The lowest BCUT2D eigenvalue weighted by Crippen LogP contribution is -2.10. The first-order valence-electron chi connectivity index (χ1n) is 11.1. The molecule has 166 valence electrons. The van der Waals surface area contributed by atoms with E-state index in [1.807, 2.05) is 24.3 Å². The molecule has 0 bridgehead atoms. The summed E-state index contributed by atoms with van der Waals surface area (Å²) in [5.74, 6) is 0.788. The van der Waals surface area contributed by atoms with Crippen LogP contribution in [0.1, 0.15) is 37.5 Å². The van der Waals surface area contributed by atoms with E-state index in [2.05, 4.69) is 87.5 Å². The number of hydrogen-bond acceptors (Lipinski definition) is 5. The maximum absolute atomic E-state index is 6.35. The van der Waals surface area contributed by atoms with Crippen molar-refractivity contribution in [3.63, 3.8) is 0 Å². The van der Waals surface area contributed by atoms with Crippen LogP contribution >= 0.6 is 11.3 Å². The molecule has 0 aliphatic carbocycles. The van der Waals surface area contributed by atoms with Gasteiger partial charge in [0, 0.05) is 17.0 Å². The van der Waals surface area contributed by atoms with E-state index < -0.39 is 0 Å². The fourth-order valence-electron chi connectivity index (χ4n) is 3.82. The van der Waals surface area contributed by atoms with Gasteiger partial charge in [0.1, 0.15) is 11.3 Å². The van der Waals surface area contributed by atoms with Crippen LogP contribution in [0.2, 0.25) is 0 Å². The quantitative estimate of drug-likeness (QED) is 0.287. The minimum atomic E-state index is 0.107. The number of aryl methyl sites for hydroxylation is 2. The summed E-state index contributed by atoms with van der Waals surface area (Å²) >= 11 is 1.59. The van der Waals surface area contributed by atoms with Crippen LogP contribution in [0.5, 0.6) is 0 Å². The molecule has 0 saturated heterocycles. The third kappa shape index (κ3) is 4.29. The van der Waals surface area contributed by atoms with Crippen molar-refractivity contribution >= 4 is 37.7 Å². The highest BCUT2D eigenvalue weighted by Crippen LogP contribution is 2.28. The summed E-state index contributed by atoms with van der Waals surface area (Å²) in [5, 5.41) is 7.32. The van der Waals surface area contributed by atoms with Gasteiger partial charge in [0.05, 0.1) is 15.6 Å². The minimum Gasteiger partial charge on any atom is -0.456 e. The Balaban J connectivity index is 1.63. The van der Waals surface area contributed by atoms with Crippen LogP contribution in [0, 0.1) is 13.8 Å². The smallest absolute Gasteiger partial charge is 0.204 e. The Morgan fingerprint density at radius 2 is 1.64 bits per heavy atom. The second-order valence-electron chi connectivity index (χ2n) is 9.47. The Hall–Kier alpha value is -3.44. The zero-order chi connectivity index (χ0) is 23.2. The van der Waals surface area contributed by atoms with Gasteiger partial charge in [-0.2, -0.15) is 5.10 Å². The van der Waals surface area contributed by atoms with E-state index in [0.717, 1.165) is 43.0 Å². The first-order chi connectivity index (χ1) is 15.8. The predicted molar refractivity (Wildman–Crippen MR) is 139 cm³/mol. The molecule has 1 N–H and O–H groups in total. The van der Waals surface area contributed by atoms with Crippen LogP contribution in [0.15, 0.2) is 76.2 Å². The fraction of sp³-hybridized carbons (Fsp3) is 0.214. The van der Waals surface area contributed by atoms with Crippen molar-refractivity contribution < 1.29 is 4.42 Å². The van der Waals surface area contributed by atoms with Crippen LogP contribution in [-0.4, -0.2) is 4.98 Å². The van der Waals surface area contributed by atoms with E-state index in [9.17, 15) is 0 Å². The number of nitrogens with one attached hydrogen (secondary N) is 1. The number of fused-ring (bicyclic) bond motifs is 2. The molecular weight excluding hydrogens is 426 g/mol. The first kappa shape index (κ1) is 21.4. The van der Waals surface area contributed by atoms with Gasteiger partial charge in [-0.1, -0.05) is 68.5 Å². The fourth-order valence-corrected chi connectivity index (χ4v) is 4.63. The molecule has 4 nitrogen and oxygen atoms in total. The molecular formula is C28H27N3OS. The van der Waals surface area contributed by atoms with Gasteiger partial charge in [0.15, 0.2) is 0 Å². The molecule has 0 spiro atoms. The van der Waals surface area contributed by atoms with Gasteiger partial charge < -0.3 is 4.42 Å². The van der Waals surface area contributed by atoms with Gasteiger partial charge in [0.25, 0.3) is 0 Å². The Bertz CT molecular complexity index is 1500. The van der Waals surface area contributed by atoms with Crippen molar-refractivity contribution in [2.75, 3.05) is 5.43 Å². The van der Waals surface area contributed by atoms with Crippen molar-refractivity contribution in [2.45, 2.75) is 40.0 Å². The van der Waals surface area contributed by atoms with E-state index in [4.69, 9.17) is 9.52 Å². The number of thiazole rings is 1. The standard InChI is InChI=1S/C28H27N3OS/c1-17-14-21-23(30-31-27-29-22-8-6-7-9-26(22)33-27)16-24(32-25(21)15-18(17)2)19-10-12-20(13-11-19)28(3,4)5/h6-16H,1-5H3,(H,29,31). The number of hydrogen-bond donors (Lipinski definition) is 1. The van der Waals surface area contributed by atoms with Crippen molar-refractivity contribution in [3.8, 4) is 11.3 Å². The summed E-state index contributed by atoms with van der Waals surface area (Å²) in [4.78, 5) is 4.64. The molecule has 5 rings (SSSR count). The lowest BCUT2D eigenvalue weighted by molar-refractivity contribution is 0.589. The molecule has 0 radical (unpaired) electrons. The molecule has 2 heterocycles. The maximum atomic E-state index is 6.35. The molecule has 2 aromatic heterocycles. The zero-order valence-electron chi connectivity index (χ0n) is 19.6. The van der Waals surface area contributed by atoms with Gasteiger partial charge in [-0.25, -0.2) is 4.98 Å². The molecule has 0 aliphatic rings. The van der Waals surface area contributed by atoms with Crippen molar-refractivity contribution in [1.82, 2.24) is 4.98 Å². The lowest BCUT2D eigenvalue weighted by atomic mass is 9.86. The van der Waals surface area contributed by atoms with E-state index in [-0.39, 0.29) is 5.41 Å². The molecule has 5 heteroatoms. The van der Waals surface area contributed by atoms with Gasteiger partial charge in [-0.3, -0.25) is 5.43 Å². The number of anilines is 1. The average molecular weight is 454 g/mol. The van der Waals surface area contributed by atoms with Crippen molar-refractivity contribution in [1.29, 1.82) is 0 Å². The minimum absolute atomic E-state index is 0.107. The topological polar surface area (TPSA) is 50.4 Å². The zero-order valence-corrected chi connectivity index (χ0v) is 20.4. The molecule has 0 atom stereocenters. The monoisotopic (exact) mass is 453 g/mol. The molecule has 0 fully saturated rings. The van der Waals surface area contributed by atoms with Crippen LogP contribution in [0.4, 0.5) is 5.13 Å². The summed E-state index contributed by atoms with van der Waals surface area (Å²) in [6.45, 7) is 10.9. The van der Waals surface area contributed by atoms with Gasteiger partial charge >= 0.3 is 0 Å². The van der Waals surface area contributed by atoms with Crippen LogP contribution < -0.4 is 10.8 Å². The number of rotatable bonds is 3. The molecule has 0 unspecified atom stereocenters. The summed E-state index contributed by atoms with van der Waals surface area (Å²) in [7, 11) is 0. The SMILES string of the molecule is Cc1cc2oc(-c3ccc(C(C)(C)C)cc3)cc(=NNc3nc4ccccc4s3)c2cc1C. The molecule has 33 heavy (non-hydrogen) atoms. The second-order valence-corrected chi connectivity index (χ2v) is 10.5. The number of nitrogens with zero attached hydrogens (tertiary/aromatic N) is 2. The van der Waals surface area contributed by atoms with Crippen LogP contribution in [0.3, 0.4) is 0 Å². The normalized spacial score (nSPS) is 12.6. The Kier molecular flexibility index (Phi) is 5.29. The molecule has 0 saturated carbocycles. The third-order valence-corrected chi connectivity index (χ3v) is 6.90. The Labute approximate surface area is 197 Å². The number of benzene rings is 3. The second kappa shape index (κ2) is 8.16.